The lowest BCUT2D eigenvalue weighted by atomic mass is 10.0. The smallest absolute Gasteiger partial charge is 0.223 e. The number of rotatable bonds is 6. The summed E-state index contributed by atoms with van der Waals surface area (Å²) < 4.78 is 0. The molecule has 1 unspecified atom stereocenters. The highest BCUT2D eigenvalue weighted by molar-refractivity contribution is 5.77. The minimum atomic E-state index is 0.328. The van der Waals surface area contributed by atoms with E-state index in [9.17, 15) is 4.79 Å². The van der Waals surface area contributed by atoms with Crippen molar-refractivity contribution in [2.24, 2.45) is 5.92 Å². The summed E-state index contributed by atoms with van der Waals surface area (Å²) in [7, 11) is 0. The first-order valence-electron chi connectivity index (χ1n) is 7.85. The van der Waals surface area contributed by atoms with Crippen molar-refractivity contribution in [3.05, 3.63) is 35.4 Å². The molecule has 1 aliphatic rings. The normalized spacial score (nSPS) is 16.2. The molecule has 0 N–H and O–H groups in total. The predicted octanol–water partition coefficient (Wildman–Crippen LogP) is 3.96. The van der Waals surface area contributed by atoms with Gasteiger partial charge in [-0.2, -0.15) is 0 Å². The Labute approximate surface area is 123 Å². The van der Waals surface area contributed by atoms with E-state index in [-0.39, 0.29) is 0 Å². The van der Waals surface area contributed by atoms with Gasteiger partial charge in [0.25, 0.3) is 0 Å². The summed E-state index contributed by atoms with van der Waals surface area (Å²) in [4.78, 5) is 14.7. The molecule has 0 aromatic heterocycles. The van der Waals surface area contributed by atoms with Crippen molar-refractivity contribution in [3.8, 4) is 0 Å². The van der Waals surface area contributed by atoms with Crippen LogP contribution in [0.25, 0.3) is 0 Å². The molecule has 0 saturated heterocycles. The van der Waals surface area contributed by atoms with Crippen LogP contribution in [0.1, 0.15) is 51.2 Å². The summed E-state index contributed by atoms with van der Waals surface area (Å²) >= 11 is 0. The summed E-state index contributed by atoms with van der Waals surface area (Å²) in [6.07, 6.45) is 3.87. The molecule has 1 aliphatic carbocycles. The van der Waals surface area contributed by atoms with Gasteiger partial charge in [0.15, 0.2) is 0 Å². The molecule has 1 aromatic rings. The Kier molecular flexibility index (Phi) is 4.85. The molecule has 0 aliphatic heterocycles. The van der Waals surface area contributed by atoms with Gasteiger partial charge in [0.05, 0.1) is 0 Å². The third kappa shape index (κ3) is 3.84. The average Bonchev–Trinajstić information content (AvgIpc) is 3.22. The second-order valence-electron chi connectivity index (χ2n) is 6.50. The van der Waals surface area contributed by atoms with E-state index in [2.05, 4.69) is 56.9 Å². The van der Waals surface area contributed by atoms with E-state index in [4.69, 9.17) is 0 Å². The third-order valence-corrected chi connectivity index (χ3v) is 4.38. The lowest BCUT2D eigenvalue weighted by molar-refractivity contribution is -0.134. The molecule has 2 nitrogen and oxygen atoms in total. The number of carbonyl (C=O) groups excluding carboxylic acids is 1. The van der Waals surface area contributed by atoms with Crippen LogP contribution in [-0.4, -0.2) is 22.9 Å². The first-order valence-corrected chi connectivity index (χ1v) is 7.85. The molecule has 0 heterocycles. The molecule has 110 valence electrons. The molecule has 20 heavy (non-hydrogen) atoms. The Morgan fingerprint density at radius 2 is 1.80 bits per heavy atom. The van der Waals surface area contributed by atoms with Gasteiger partial charge in [-0.3, -0.25) is 4.79 Å². The zero-order valence-corrected chi connectivity index (χ0v) is 13.2. The highest BCUT2D eigenvalue weighted by atomic mass is 16.2. The molecule has 1 atom stereocenters. The number of nitrogens with zero attached hydrogens (tertiary/aromatic N) is 1. The molecule has 1 aromatic carbocycles. The minimum absolute atomic E-state index is 0.328. The summed E-state index contributed by atoms with van der Waals surface area (Å²) in [5, 5.41) is 0. The third-order valence-electron chi connectivity index (χ3n) is 4.38. The summed E-state index contributed by atoms with van der Waals surface area (Å²) in [6, 6.07) is 9.38. The fourth-order valence-electron chi connectivity index (χ4n) is 2.57. The van der Waals surface area contributed by atoms with Crippen LogP contribution < -0.4 is 0 Å². The Morgan fingerprint density at radius 1 is 1.20 bits per heavy atom. The Bertz CT molecular complexity index is 445. The van der Waals surface area contributed by atoms with Gasteiger partial charge in [0, 0.05) is 18.5 Å². The van der Waals surface area contributed by atoms with Crippen LogP contribution in [0.5, 0.6) is 0 Å². The largest absolute Gasteiger partial charge is 0.337 e. The van der Waals surface area contributed by atoms with E-state index in [1.54, 1.807) is 0 Å². The summed E-state index contributed by atoms with van der Waals surface area (Å²) in [6.45, 7) is 8.68. The maximum Gasteiger partial charge on any atom is 0.223 e. The molecule has 0 radical (unpaired) electrons. The highest BCUT2D eigenvalue weighted by Crippen LogP contribution is 2.31. The van der Waals surface area contributed by atoms with E-state index in [0.717, 1.165) is 6.42 Å². The van der Waals surface area contributed by atoms with Gasteiger partial charge in [-0.1, -0.05) is 43.7 Å². The Hall–Kier alpha value is -1.31. The van der Waals surface area contributed by atoms with Gasteiger partial charge in [0.1, 0.15) is 0 Å². The summed E-state index contributed by atoms with van der Waals surface area (Å²) in [5.41, 5.74) is 2.53. The average molecular weight is 273 g/mol. The first kappa shape index (κ1) is 15.1. The zero-order chi connectivity index (χ0) is 14.7. The van der Waals surface area contributed by atoms with Crippen LogP contribution in [0.2, 0.25) is 0 Å². The van der Waals surface area contributed by atoms with Gasteiger partial charge in [-0.05, 0) is 44.6 Å². The molecule has 2 heteroatoms. The fraction of sp³-hybridized carbons (Fsp3) is 0.611. The monoisotopic (exact) mass is 273 g/mol. The molecule has 1 fully saturated rings. The van der Waals surface area contributed by atoms with Crippen molar-refractivity contribution >= 4 is 5.91 Å². The Balaban J connectivity index is 1.93. The van der Waals surface area contributed by atoms with Crippen molar-refractivity contribution in [2.75, 3.05) is 0 Å². The molecule has 0 spiro atoms. The van der Waals surface area contributed by atoms with Crippen molar-refractivity contribution in [3.63, 3.8) is 0 Å². The van der Waals surface area contributed by atoms with Crippen molar-refractivity contribution in [1.82, 2.24) is 4.90 Å². The van der Waals surface area contributed by atoms with E-state index in [1.807, 2.05) is 0 Å². The minimum Gasteiger partial charge on any atom is -0.337 e. The molecular weight excluding hydrogens is 246 g/mol. The van der Waals surface area contributed by atoms with Crippen molar-refractivity contribution in [2.45, 2.75) is 65.5 Å². The topological polar surface area (TPSA) is 20.3 Å². The van der Waals surface area contributed by atoms with Gasteiger partial charge >= 0.3 is 0 Å². The van der Waals surface area contributed by atoms with E-state index in [0.29, 0.717) is 30.3 Å². The van der Waals surface area contributed by atoms with E-state index >= 15 is 0 Å². The number of aryl methyl sites for hydroxylation is 2. The van der Waals surface area contributed by atoms with Gasteiger partial charge in [-0.15, -0.1) is 0 Å². The lowest BCUT2D eigenvalue weighted by Crippen LogP contribution is -2.43. The zero-order valence-electron chi connectivity index (χ0n) is 13.2. The van der Waals surface area contributed by atoms with E-state index < -0.39 is 0 Å². The van der Waals surface area contributed by atoms with Gasteiger partial charge in [0.2, 0.25) is 5.91 Å². The SMILES string of the molecule is Cc1ccc(CCC(=O)N(C2CC2)C(C)C(C)C)cc1. The van der Waals surface area contributed by atoms with Gasteiger partial charge in [-0.25, -0.2) is 0 Å². The standard InChI is InChI=1S/C18H27NO/c1-13(2)15(4)19(17-10-11-17)18(20)12-9-16-7-5-14(3)6-8-16/h5-8,13,15,17H,9-12H2,1-4H3. The second-order valence-corrected chi connectivity index (χ2v) is 6.50. The van der Waals surface area contributed by atoms with Crippen LogP contribution in [0.3, 0.4) is 0 Å². The number of hydrogen-bond donors (Lipinski definition) is 0. The van der Waals surface area contributed by atoms with Crippen LogP contribution in [-0.2, 0) is 11.2 Å². The fourth-order valence-corrected chi connectivity index (χ4v) is 2.57. The number of benzene rings is 1. The molecule has 1 saturated carbocycles. The predicted molar refractivity (Wildman–Crippen MR) is 83.7 cm³/mol. The summed E-state index contributed by atoms with van der Waals surface area (Å²) in [5.74, 6) is 0.855. The Morgan fingerprint density at radius 3 is 2.30 bits per heavy atom. The molecule has 2 rings (SSSR count). The van der Waals surface area contributed by atoms with Crippen LogP contribution in [0.4, 0.5) is 0 Å². The number of hydrogen-bond acceptors (Lipinski definition) is 1. The quantitative estimate of drug-likeness (QED) is 0.768. The first-order chi connectivity index (χ1) is 9.49. The van der Waals surface area contributed by atoms with Gasteiger partial charge < -0.3 is 4.90 Å². The van der Waals surface area contributed by atoms with Crippen molar-refractivity contribution in [1.29, 1.82) is 0 Å². The maximum atomic E-state index is 12.5. The van der Waals surface area contributed by atoms with E-state index in [1.165, 1.54) is 24.0 Å². The molecule has 1 amide bonds. The number of carbonyl (C=O) groups is 1. The second kappa shape index (κ2) is 6.43. The van der Waals surface area contributed by atoms with Crippen LogP contribution >= 0.6 is 0 Å². The molecule has 0 bridgehead atoms. The van der Waals surface area contributed by atoms with Crippen LogP contribution in [0.15, 0.2) is 24.3 Å². The van der Waals surface area contributed by atoms with Crippen LogP contribution in [0, 0.1) is 12.8 Å². The lowest BCUT2D eigenvalue weighted by Gasteiger charge is -2.32. The number of amides is 1. The highest BCUT2D eigenvalue weighted by Gasteiger charge is 2.36. The maximum absolute atomic E-state index is 12.5. The van der Waals surface area contributed by atoms with Crippen molar-refractivity contribution < 1.29 is 4.79 Å². The molecular formula is C18H27NO.